The van der Waals surface area contributed by atoms with Crippen LogP contribution in [0, 0.1) is 46.9 Å². The van der Waals surface area contributed by atoms with Gasteiger partial charge in [0.1, 0.15) is 0 Å². The number of nitrogens with zero attached hydrogens (tertiary/aromatic N) is 7. The van der Waals surface area contributed by atoms with Crippen molar-refractivity contribution in [1.29, 1.82) is 5.26 Å². The number of aliphatic imine (C=N–C) groups is 1. The van der Waals surface area contributed by atoms with Gasteiger partial charge in [0.15, 0.2) is 6.10 Å². The molecule has 13 rings (SSSR count). The molecule has 0 radical (unpaired) electrons. The lowest BCUT2D eigenvalue weighted by molar-refractivity contribution is -0.191. The summed E-state index contributed by atoms with van der Waals surface area (Å²) < 4.78 is 0. The van der Waals surface area contributed by atoms with Gasteiger partial charge in [-0.15, -0.1) is 11.8 Å². The lowest BCUT2D eigenvalue weighted by atomic mass is 10.00. The number of fused-ring (bicyclic) bond motifs is 6. The molecule has 84 heavy (non-hydrogen) atoms. The highest BCUT2D eigenvalue weighted by molar-refractivity contribution is 8.14. The minimum absolute atomic E-state index is 0.00986. The molecule has 1 N–H and O–H groups in total. The van der Waals surface area contributed by atoms with E-state index in [1.54, 1.807) is 27.6 Å². The van der Waals surface area contributed by atoms with Crippen molar-refractivity contribution in [2.45, 2.75) is 31.9 Å². The van der Waals surface area contributed by atoms with E-state index in [4.69, 9.17) is 19.7 Å². The van der Waals surface area contributed by atoms with Crippen LogP contribution in [0.5, 0.6) is 0 Å². The summed E-state index contributed by atoms with van der Waals surface area (Å²) in [5, 5.41) is 17.8. The summed E-state index contributed by atoms with van der Waals surface area (Å²) in [4.78, 5) is 74.0. The molecule has 0 bridgehead atoms. The number of benzene rings is 7. The predicted molar refractivity (Wildman–Crippen MR) is 327 cm³/mol. The molecule has 1 unspecified atom stereocenters. The van der Waals surface area contributed by atoms with Crippen LogP contribution in [0.1, 0.15) is 94.8 Å². The van der Waals surface area contributed by atoms with Gasteiger partial charge in [-0.2, -0.15) is 14.9 Å². The molecule has 6 heterocycles. The number of oxime groups is 1. The second kappa shape index (κ2) is 28.1. The Morgan fingerprint density at radius 3 is 1.50 bits per heavy atom. The first-order chi connectivity index (χ1) is 41.3. The Morgan fingerprint density at radius 1 is 0.571 bits per heavy atom. The lowest BCUT2D eigenvalue weighted by Crippen LogP contribution is -2.42. The molecule has 1 fully saturated rings. The fourth-order valence-corrected chi connectivity index (χ4v) is 11.1. The number of piperazine rings is 1. The second-order valence-corrected chi connectivity index (χ2v) is 21.0. The number of amides is 3. The molecular weight excluding hydrogens is 1070 g/mol. The van der Waals surface area contributed by atoms with Gasteiger partial charge in [0, 0.05) is 104 Å². The lowest BCUT2D eigenvalue weighted by Gasteiger charge is -2.27. The molecule has 0 aromatic heterocycles. The number of rotatable bonds is 10. The molecule has 3 amide bonds. The molecule has 6 aliphatic rings. The number of hydrogen-bond donors (Lipinski definition) is 1. The first-order valence-electron chi connectivity index (χ1n) is 27.6. The molecule has 7 aromatic rings. The number of nitrogens with one attached hydrogen (secondary N) is 1. The fourth-order valence-electron chi connectivity index (χ4n) is 10.3. The van der Waals surface area contributed by atoms with Crippen LogP contribution < -0.4 is 20.0 Å². The van der Waals surface area contributed by atoms with Crippen molar-refractivity contribution in [3.05, 3.63) is 231 Å². The minimum atomic E-state index is -0.225. The van der Waals surface area contributed by atoms with E-state index in [1.807, 2.05) is 144 Å². The molecule has 0 aliphatic carbocycles. The molecule has 1 saturated heterocycles. The molecule has 7 aromatic carbocycles. The number of hydrogen-bond acceptors (Lipinski definition) is 12. The van der Waals surface area contributed by atoms with Crippen LogP contribution in [0.4, 0.5) is 17.1 Å². The zero-order chi connectivity index (χ0) is 58.0. The average Bonchev–Trinajstić information content (AvgIpc) is 3.20. The van der Waals surface area contributed by atoms with Gasteiger partial charge < -0.3 is 24.9 Å². The van der Waals surface area contributed by atoms with Crippen molar-refractivity contribution in [2.75, 3.05) is 72.8 Å². The van der Waals surface area contributed by atoms with Crippen LogP contribution in [0.15, 0.2) is 180 Å². The third-order valence-corrected chi connectivity index (χ3v) is 15.5. The third kappa shape index (κ3) is 13.8. The topological polar surface area (TPSA) is 168 Å². The zero-order valence-electron chi connectivity index (χ0n) is 45.9. The van der Waals surface area contributed by atoms with Gasteiger partial charge in [0.2, 0.25) is 0 Å². The number of nitriles is 1. The highest BCUT2D eigenvalue weighted by Gasteiger charge is 2.31. The molecule has 0 saturated carbocycles. The van der Waals surface area contributed by atoms with Crippen molar-refractivity contribution in [1.82, 2.24) is 10.2 Å². The Labute approximate surface area is 492 Å². The summed E-state index contributed by atoms with van der Waals surface area (Å²) in [6.07, 6.45) is 1.75. The third-order valence-electron chi connectivity index (χ3n) is 14.5. The number of thioether (sulfide) groups is 1. The summed E-state index contributed by atoms with van der Waals surface area (Å²) in [6, 6.07) is 56.3. The average molecular weight is 1130 g/mol. The number of carbonyl (C=O) groups is 3. The van der Waals surface area contributed by atoms with E-state index in [9.17, 15) is 14.4 Å². The molecule has 6 aliphatic heterocycles. The molecular formula is C69H56N8O6S. The molecule has 14 nitrogen and oxygen atoms in total. The highest BCUT2D eigenvalue weighted by atomic mass is 32.2. The van der Waals surface area contributed by atoms with Crippen molar-refractivity contribution >= 4 is 63.5 Å². The van der Waals surface area contributed by atoms with Gasteiger partial charge in [-0.05, 0) is 83.9 Å². The van der Waals surface area contributed by atoms with Gasteiger partial charge in [-0.1, -0.05) is 138 Å². The monoisotopic (exact) mass is 1120 g/mol. The SMILES string of the molecule is N#CCCN1C(=O)c2ccccc2C#Cc2ccccc21.O=C1c2ccccc2C#Cc2ccccc2N1CC1CC(c2ccc(CN3CCNCC3)cc2)=NO1.O=C1c2ccccc2C#Cc2ccccc2N1CCC1=NCCS1.O=C=O. The van der Waals surface area contributed by atoms with Crippen molar-refractivity contribution in [3.8, 4) is 41.6 Å². The van der Waals surface area contributed by atoms with Crippen LogP contribution in [0.2, 0.25) is 0 Å². The Bertz CT molecular complexity index is 3950. The number of anilines is 3. The van der Waals surface area contributed by atoms with Crippen molar-refractivity contribution < 1.29 is 28.8 Å². The first-order valence-corrected chi connectivity index (χ1v) is 28.6. The van der Waals surface area contributed by atoms with Crippen LogP contribution in [0.25, 0.3) is 0 Å². The maximum atomic E-state index is 13.6. The van der Waals surface area contributed by atoms with E-state index in [0.29, 0.717) is 42.7 Å². The van der Waals surface area contributed by atoms with Crippen LogP contribution in [-0.2, 0) is 21.0 Å². The maximum absolute atomic E-state index is 13.6. The highest BCUT2D eigenvalue weighted by Crippen LogP contribution is 2.30. The van der Waals surface area contributed by atoms with E-state index >= 15 is 0 Å². The summed E-state index contributed by atoms with van der Waals surface area (Å²) in [7, 11) is 0. The predicted octanol–water partition coefficient (Wildman–Crippen LogP) is 9.60. The van der Waals surface area contributed by atoms with Crippen LogP contribution in [0.3, 0.4) is 0 Å². The second-order valence-electron chi connectivity index (χ2n) is 19.8. The van der Waals surface area contributed by atoms with Gasteiger partial charge >= 0.3 is 6.15 Å². The Balaban J connectivity index is 0.000000143. The van der Waals surface area contributed by atoms with E-state index in [1.165, 1.54) is 5.56 Å². The van der Waals surface area contributed by atoms with Crippen molar-refractivity contribution in [3.63, 3.8) is 0 Å². The Morgan fingerprint density at radius 2 is 1.01 bits per heavy atom. The smallest absolute Gasteiger partial charge is 0.373 e. The Kier molecular flexibility index (Phi) is 19.1. The quantitative estimate of drug-likeness (QED) is 0.130. The fraction of sp³-hybridized carbons (Fsp3) is 0.203. The normalized spacial score (nSPS) is 15.8. The molecule has 15 heteroatoms. The number of para-hydroxylation sites is 3. The largest absolute Gasteiger partial charge is 0.390 e. The summed E-state index contributed by atoms with van der Waals surface area (Å²) in [5.41, 5.74) is 12.4. The van der Waals surface area contributed by atoms with Gasteiger partial charge in [-0.3, -0.25) is 24.3 Å². The van der Waals surface area contributed by atoms with Gasteiger partial charge in [-0.25, -0.2) is 0 Å². The summed E-state index contributed by atoms with van der Waals surface area (Å²) >= 11 is 1.79. The first kappa shape index (κ1) is 57.2. The minimum Gasteiger partial charge on any atom is -0.390 e. The number of carbonyl (C=O) groups excluding carboxylic acids is 5. The van der Waals surface area contributed by atoms with E-state index in [0.717, 1.165) is 118 Å². The molecule has 1 atom stereocenters. The summed E-state index contributed by atoms with van der Waals surface area (Å²) in [6.45, 7) is 7.51. The molecule has 0 spiro atoms. The van der Waals surface area contributed by atoms with E-state index < -0.39 is 0 Å². The van der Waals surface area contributed by atoms with Crippen LogP contribution in [-0.4, -0.2) is 104 Å². The van der Waals surface area contributed by atoms with Crippen LogP contribution >= 0.6 is 11.8 Å². The van der Waals surface area contributed by atoms with Crippen molar-refractivity contribution in [2.24, 2.45) is 10.1 Å². The standard InChI is InChI=1S/C30H28N4O2.C20H16N2OS.C18H12N2O.CO2/c35-30-27-7-3-1-5-23(27)13-14-25-6-2-4-8-29(25)34(30)21-26-19-28(32-36-26)24-11-9-22(10-12-24)20-33-17-15-31-16-18-33;23-20-17-7-3-1-5-15(17)9-10-16-6-2-4-8-18(16)22(20)13-11-19-21-12-14-24-19;19-12-5-13-20-17-9-4-2-7-15(17)11-10-14-6-1-3-8-16(14)18(20)21;2-1-3/h1-12,26,31H,15-21H2;1-8H,11-14H2;1-4,6-9H,5,13H2;. The van der Waals surface area contributed by atoms with Gasteiger partial charge in [0.25, 0.3) is 17.7 Å². The summed E-state index contributed by atoms with van der Waals surface area (Å²) in [5.74, 6) is 19.8. The van der Waals surface area contributed by atoms with E-state index in [-0.39, 0.29) is 36.4 Å². The Hall–Kier alpha value is -10.1. The van der Waals surface area contributed by atoms with E-state index in [2.05, 4.69) is 86.2 Å². The maximum Gasteiger partial charge on any atom is 0.373 e. The van der Waals surface area contributed by atoms with Gasteiger partial charge in [0.05, 0.1) is 63.5 Å². The molecule has 414 valence electrons. The zero-order valence-corrected chi connectivity index (χ0v) is 46.7.